The summed E-state index contributed by atoms with van der Waals surface area (Å²) >= 11 is 0. The van der Waals surface area contributed by atoms with E-state index in [0.717, 1.165) is 30.9 Å². The van der Waals surface area contributed by atoms with Gasteiger partial charge in [0.2, 0.25) is 0 Å². The third-order valence-electron chi connectivity index (χ3n) is 5.07. The molecule has 0 aliphatic carbocycles. The molecule has 0 saturated carbocycles. The van der Waals surface area contributed by atoms with Gasteiger partial charge >= 0.3 is 0 Å². The fourth-order valence-electron chi connectivity index (χ4n) is 3.63. The number of nitrogens with one attached hydrogen (secondary N) is 1. The maximum atomic E-state index is 12.5. The Bertz CT molecular complexity index is 824. The molecule has 0 spiro atoms. The van der Waals surface area contributed by atoms with E-state index in [0.29, 0.717) is 42.7 Å². The number of benzene rings is 2. The monoisotopic (exact) mass is 368 g/mol. The first kappa shape index (κ1) is 17.5. The van der Waals surface area contributed by atoms with E-state index in [4.69, 9.17) is 14.2 Å². The predicted octanol–water partition coefficient (Wildman–Crippen LogP) is 2.72. The molecule has 0 unspecified atom stereocenters. The van der Waals surface area contributed by atoms with Crippen LogP contribution < -0.4 is 24.4 Å². The van der Waals surface area contributed by atoms with Crippen LogP contribution in [0.4, 0.5) is 5.69 Å². The fourth-order valence-corrected chi connectivity index (χ4v) is 3.63. The summed E-state index contributed by atoms with van der Waals surface area (Å²) in [5.41, 5.74) is 1.71. The van der Waals surface area contributed by atoms with Crippen LogP contribution in [0.25, 0.3) is 0 Å². The maximum absolute atomic E-state index is 12.5. The van der Waals surface area contributed by atoms with Gasteiger partial charge in [0.05, 0.1) is 12.8 Å². The zero-order valence-corrected chi connectivity index (χ0v) is 15.4. The third-order valence-corrected chi connectivity index (χ3v) is 5.07. The first-order valence-electron chi connectivity index (χ1n) is 9.30. The number of carbonyl (C=O) groups excluding carboxylic acids is 1. The van der Waals surface area contributed by atoms with Crippen molar-refractivity contribution in [3.63, 3.8) is 0 Å². The second-order valence-corrected chi connectivity index (χ2v) is 6.84. The van der Waals surface area contributed by atoms with Gasteiger partial charge in [-0.2, -0.15) is 0 Å². The zero-order chi connectivity index (χ0) is 18.6. The second-order valence-electron chi connectivity index (χ2n) is 6.84. The Morgan fingerprint density at radius 1 is 1.19 bits per heavy atom. The Kier molecular flexibility index (Phi) is 5.05. The summed E-state index contributed by atoms with van der Waals surface area (Å²) in [4.78, 5) is 14.8. The minimum atomic E-state index is -0.0808. The molecule has 1 saturated heterocycles. The molecule has 0 bridgehead atoms. The molecule has 2 heterocycles. The van der Waals surface area contributed by atoms with E-state index in [-0.39, 0.29) is 5.91 Å². The molecule has 4 rings (SSSR count). The van der Waals surface area contributed by atoms with Crippen LogP contribution in [0, 0.1) is 5.92 Å². The molecule has 2 aliphatic heterocycles. The number of para-hydroxylation sites is 2. The lowest BCUT2D eigenvalue weighted by Crippen LogP contribution is -2.31. The number of nitrogens with zero attached hydrogens (tertiary/aromatic N) is 1. The number of carbonyl (C=O) groups is 1. The molecule has 1 amide bonds. The molecule has 1 atom stereocenters. The number of hydrogen-bond donors (Lipinski definition) is 1. The number of fused-ring (bicyclic) bond motifs is 1. The summed E-state index contributed by atoms with van der Waals surface area (Å²) in [6.07, 6.45) is 1.04. The van der Waals surface area contributed by atoms with E-state index < -0.39 is 0 Å². The van der Waals surface area contributed by atoms with Crippen molar-refractivity contribution in [3.8, 4) is 17.2 Å². The Labute approximate surface area is 159 Å². The van der Waals surface area contributed by atoms with Crippen LogP contribution in [-0.2, 0) is 0 Å². The Balaban J connectivity index is 1.34. The van der Waals surface area contributed by atoms with Crippen molar-refractivity contribution in [2.75, 3.05) is 44.9 Å². The highest BCUT2D eigenvalue weighted by molar-refractivity contribution is 5.94. The quantitative estimate of drug-likeness (QED) is 0.879. The summed E-state index contributed by atoms with van der Waals surface area (Å²) in [5.74, 6) is 2.55. The summed E-state index contributed by atoms with van der Waals surface area (Å²) in [5, 5.41) is 3.06. The molecule has 1 fully saturated rings. The lowest BCUT2D eigenvalue weighted by atomic mass is 10.1. The summed E-state index contributed by atoms with van der Waals surface area (Å²) in [7, 11) is 1.69. The Morgan fingerprint density at radius 2 is 2.00 bits per heavy atom. The SMILES string of the molecule is COc1ccccc1N1CC[C@H](CNC(=O)c2ccc3c(c2)OCCO3)C1. The minimum absolute atomic E-state index is 0.0808. The van der Waals surface area contributed by atoms with Gasteiger partial charge in [-0.1, -0.05) is 12.1 Å². The normalized spacial score (nSPS) is 18.3. The number of anilines is 1. The van der Waals surface area contributed by atoms with Crippen molar-refractivity contribution in [2.45, 2.75) is 6.42 Å². The van der Waals surface area contributed by atoms with Gasteiger partial charge < -0.3 is 24.4 Å². The first-order chi connectivity index (χ1) is 13.2. The van der Waals surface area contributed by atoms with E-state index in [1.54, 1.807) is 25.3 Å². The van der Waals surface area contributed by atoms with Crippen LogP contribution in [-0.4, -0.2) is 45.9 Å². The average molecular weight is 368 g/mol. The lowest BCUT2D eigenvalue weighted by Gasteiger charge is -2.21. The number of methoxy groups -OCH3 is 1. The molecule has 2 aromatic rings. The fraction of sp³-hybridized carbons (Fsp3) is 0.381. The molecule has 6 nitrogen and oxygen atoms in total. The molecule has 0 radical (unpaired) electrons. The van der Waals surface area contributed by atoms with E-state index in [1.807, 2.05) is 18.2 Å². The van der Waals surface area contributed by atoms with Crippen molar-refractivity contribution >= 4 is 11.6 Å². The third kappa shape index (κ3) is 3.79. The van der Waals surface area contributed by atoms with Gasteiger partial charge in [0.15, 0.2) is 11.5 Å². The second kappa shape index (κ2) is 7.78. The van der Waals surface area contributed by atoms with Crippen LogP contribution in [0.2, 0.25) is 0 Å². The highest BCUT2D eigenvalue weighted by Gasteiger charge is 2.25. The molecule has 2 aliphatic rings. The summed E-state index contributed by atoms with van der Waals surface area (Å²) < 4.78 is 16.5. The van der Waals surface area contributed by atoms with E-state index in [1.165, 1.54) is 0 Å². The van der Waals surface area contributed by atoms with E-state index >= 15 is 0 Å². The van der Waals surface area contributed by atoms with Gasteiger partial charge in [-0.05, 0) is 42.7 Å². The number of rotatable bonds is 5. The highest BCUT2D eigenvalue weighted by Crippen LogP contribution is 2.32. The van der Waals surface area contributed by atoms with Crippen LogP contribution in [0.5, 0.6) is 17.2 Å². The Morgan fingerprint density at radius 3 is 2.85 bits per heavy atom. The first-order valence-corrected chi connectivity index (χ1v) is 9.30. The molecule has 142 valence electrons. The van der Waals surface area contributed by atoms with Gasteiger partial charge in [0, 0.05) is 25.2 Å². The smallest absolute Gasteiger partial charge is 0.251 e. The largest absolute Gasteiger partial charge is 0.495 e. The summed E-state index contributed by atoms with van der Waals surface area (Å²) in [6.45, 7) is 3.58. The number of hydrogen-bond acceptors (Lipinski definition) is 5. The van der Waals surface area contributed by atoms with Crippen molar-refractivity contribution in [3.05, 3.63) is 48.0 Å². The van der Waals surface area contributed by atoms with Crippen LogP contribution in [0.1, 0.15) is 16.8 Å². The molecule has 27 heavy (non-hydrogen) atoms. The predicted molar refractivity (Wildman–Crippen MR) is 103 cm³/mol. The molecule has 0 aromatic heterocycles. The topological polar surface area (TPSA) is 60.0 Å². The van der Waals surface area contributed by atoms with Gasteiger partial charge in [0.1, 0.15) is 19.0 Å². The summed E-state index contributed by atoms with van der Waals surface area (Å²) in [6, 6.07) is 13.4. The van der Waals surface area contributed by atoms with Gasteiger partial charge in [0.25, 0.3) is 5.91 Å². The lowest BCUT2D eigenvalue weighted by molar-refractivity contribution is 0.0947. The van der Waals surface area contributed by atoms with Crippen LogP contribution in [0.15, 0.2) is 42.5 Å². The average Bonchev–Trinajstić information content (AvgIpc) is 3.20. The zero-order valence-electron chi connectivity index (χ0n) is 15.4. The Hall–Kier alpha value is -2.89. The molecule has 6 heteroatoms. The van der Waals surface area contributed by atoms with E-state index in [2.05, 4.69) is 16.3 Å². The van der Waals surface area contributed by atoms with Crippen LogP contribution in [0.3, 0.4) is 0 Å². The molecule has 2 aromatic carbocycles. The molecular weight excluding hydrogens is 344 g/mol. The van der Waals surface area contributed by atoms with E-state index in [9.17, 15) is 4.79 Å². The van der Waals surface area contributed by atoms with Crippen LogP contribution >= 0.6 is 0 Å². The van der Waals surface area contributed by atoms with Gasteiger partial charge in [-0.3, -0.25) is 4.79 Å². The maximum Gasteiger partial charge on any atom is 0.251 e. The highest BCUT2D eigenvalue weighted by atomic mass is 16.6. The molecular formula is C21H24N2O4. The number of amides is 1. The number of ether oxygens (including phenoxy) is 3. The minimum Gasteiger partial charge on any atom is -0.495 e. The molecule has 1 N–H and O–H groups in total. The van der Waals surface area contributed by atoms with Crippen molar-refractivity contribution in [1.29, 1.82) is 0 Å². The van der Waals surface area contributed by atoms with Crippen molar-refractivity contribution < 1.29 is 19.0 Å². The van der Waals surface area contributed by atoms with Crippen molar-refractivity contribution in [2.24, 2.45) is 5.92 Å². The van der Waals surface area contributed by atoms with Gasteiger partial charge in [-0.25, -0.2) is 0 Å². The van der Waals surface area contributed by atoms with Gasteiger partial charge in [-0.15, -0.1) is 0 Å². The standard InChI is InChI=1S/C21H24N2O4/c1-25-18-5-3-2-4-17(18)23-9-8-15(14-23)13-22-21(24)16-6-7-19-20(12-16)27-11-10-26-19/h2-7,12,15H,8-11,13-14H2,1H3,(H,22,24)/t15-/m1/s1. The van der Waals surface area contributed by atoms with Crippen molar-refractivity contribution in [1.82, 2.24) is 5.32 Å².